The number of carbonyl (C=O) groups is 2. The highest BCUT2D eigenvalue weighted by Gasteiger charge is 2.18. The first kappa shape index (κ1) is 18.3. The first-order valence-electron chi connectivity index (χ1n) is 8.56. The Morgan fingerprint density at radius 1 is 1.07 bits per heavy atom. The van der Waals surface area contributed by atoms with E-state index < -0.39 is 6.09 Å². The summed E-state index contributed by atoms with van der Waals surface area (Å²) < 4.78 is 4.91. The molecule has 138 valence electrons. The van der Waals surface area contributed by atoms with Gasteiger partial charge in [0, 0.05) is 17.3 Å². The molecule has 0 radical (unpaired) electrons. The topological polar surface area (TPSA) is 93.2 Å². The van der Waals surface area contributed by atoms with Crippen molar-refractivity contribution in [3.8, 4) is 0 Å². The monoisotopic (exact) mass is 364 g/mol. The van der Waals surface area contributed by atoms with Gasteiger partial charge in [-0.15, -0.1) is 0 Å². The van der Waals surface area contributed by atoms with Crippen molar-refractivity contribution in [1.29, 1.82) is 0 Å². The first-order valence-corrected chi connectivity index (χ1v) is 8.56. The summed E-state index contributed by atoms with van der Waals surface area (Å²) in [5.41, 5.74) is 3.27. The van der Waals surface area contributed by atoms with Gasteiger partial charge in [-0.1, -0.05) is 18.2 Å². The van der Waals surface area contributed by atoms with Crippen molar-refractivity contribution in [1.82, 2.24) is 9.97 Å². The zero-order valence-corrected chi connectivity index (χ0v) is 15.4. The van der Waals surface area contributed by atoms with Gasteiger partial charge >= 0.3 is 6.09 Å². The Hall–Kier alpha value is -3.48. The van der Waals surface area contributed by atoms with Crippen LogP contribution in [-0.2, 0) is 4.74 Å². The molecule has 7 heteroatoms. The minimum Gasteiger partial charge on any atom is -0.450 e. The number of rotatable bonds is 4. The lowest BCUT2D eigenvalue weighted by molar-refractivity contribution is 0.102. The molecule has 0 saturated heterocycles. The molecule has 0 atom stereocenters. The minimum atomic E-state index is -0.679. The van der Waals surface area contributed by atoms with Crippen molar-refractivity contribution in [3.05, 3.63) is 59.3 Å². The average Bonchev–Trinajstić information content (AvgIpc) is 2.64. The van der Waals surface area contributed by atoms with Crippen LogP contribution in [0.2, 0.25) is 0 Å². The fourth-order valence-electron chi connectivity index (χ4n) is 2.73. The van der Waals surface area contributed by atoms with E-state index in [1.807, 2.05) is 32.0 Å². The molecule has 0 saturated carbocycles. The molecular formula is C20H20N4O3. The number of hydrogen-bond acceptors (Lipinski definition) is 5. The summed E-state index contributed by atoms with van der Waals surface area (Å²) >= 11 is 0. The number of para-hydroxylation sites is 1. The highest BCUT2D eigenvalue weighted by molar-refractivity contribution is 6.11. The summed E-state index contributed by atoms with van der Waals surface area (Å²) in [6.45, 7) is 5.75. The van der Waals surface area contributed by atoms with Crippen LogP contribution in [-0.4, -0.2) is 28.6 Å². The summed E-state index contributed by atoms with van der Waals surface area (Å²) in [5.74, 6) is -0.277. The lowest BCUT2D eigenvalue weighted by atomic mass is 10.1. The lowest BCUT2D eigenvalue weighted by Crippen LogP contribution is -2.20. The van der Waals surface area contributed by atoms with Crippen molar-refractivity contribution < 1.29 is 14.3 Å². The number of ether oxygens (including phenoxy) is 1. The quantitative estimate of drug-likeness (QED) is 0.728. The molecule has 1 aromatic carbocycles. The van der Waals surface area contributed by atoms with Crippen molar-refractivity contribution in [2.75, 3.05) is 17.2 Å². The number of nitrogens with one attached hydrogen (secondary N) is 2. The normalized spacial score (nSPS) is 10.5. The maximum absolute atomic E-state index is 13.0. The van der Waals surface area contributed by atoms with E-state index in [4.69, 9.17) is 4.74 Å². The Balaban J connectivity index is 2.02. The Morgan fingerprint density at radius 3 is 2.52 bits per heavy atom. The fraction of sp³-hybridized carbons (Fsp3) is 0.200. The third-order valence-corrected chi connectivity index (χ3v) is 4.05. The first-order chi connectivity index (χ1) is 13.0. The highest BCUT2D eigenvalue weighted by atomic mass is 16.5. The number of aromatic nitrogens is 2. The Morgan fingerprint density at radius 2 is 1.81 bits per heavy atom. The second-order valence-electron chi connectivity index (χ2n) is 6.00. The van der Waals surface area contributed by atoms with Crippen LogP contribution in [0, 0.1) is 13.8 Å². The summed E-state index contributed by atoms with van der Waals surface area (Å²) in [6, 6.07) is 11.0. The molecule has 2 aromatic heterocycles. The summed E-state index contributed by atoms with van der Waals surface area (Å²) in [4.78, 5) is 33.3. The standard InChI is InChI=1S/C20H20N4O3/c1-4-27-20(26)24-18-15(11-14-9-6-10-21-17(14)23-18)19(25)22-16-12(2)7-5-8-13(16)3/h5-11H,4H2,1-3H3,(H,22,25)(H,21,23,24,26). The molecule has 0 aliphatic rings. The van der Waals surface area contributed by atoms with E-state index >= 15 is 0 Å². The minimum absolute atomic E-state index is 0.100. The number of pyridine rings is 2. The molecule has 2 heterocycles. The second kappa shape index (κ2) is 7.82. The molecule has 27 heavy (non-hydrogen) atoms. The predicted molar refractivity (Wildman–Crippen MR) is 104 cm³/mol. The number of fused-ring (bicyclic) bond motifs is 1. The van der Waals surface area contributed by atoms with Gasteiger partial charge in [0.25, 0.3) is 5.91 Å². The van der Waals surface area contributed by atoms with Gasteiger partial charge in [0.15, 0.2) is 11.5 Å². The van der Waals surface area contributed by atoms with Gasteiger partial charge < -0.3 is 10.1 Å². The zero-order valence-electron chi connectivity index (χ0n) is 15.4. The van der Waals surface area contributed by atoms with E-state index in [2.05, 4.69) is 20.6 Å². The number of aryl methyl sites for hydroxylation is 2. The lowest BCUT2D eigenvalue weighted by Gasteiger charge is -2.14. The van der Waals surface area contributed by atoms with Crippen LogP contribution in [0.1, 0.15) is 28.4 Å². The zero-order chi connectivity index (χ0) is 19.4. The van der Waals surface area contributed by atoms with Gasteiger partial charge in [-0.05, 0) is 50.1 Å². The van der Waals surface area contributed by atoms with E-state index in [0.29, 0.717) is 11.0 Å². The van der Waals surface area contributed by atoms with Gasteiger partial charge in [0.05, 0.1) is 12.2 Å². The van der Waals surface area contributed by atoms with Crippen LogP contribution >= 0.6 is 0 Å². The van der Waals surface area contributed by atoms with Crippen LogP contribution in [0.25, 0.3) is 11.0 Å². The predicted octanol–water partition coefficient (Wildman–Crippen LogP) is 4.07. The molecule has 0 spiro atoms. The number of anilines is 2. The Kier molecular flexibility index (Phi) is 5.30. The van der Waals surface area contributed by atoms with Crippen LogP contribution in [0.4, 0.5) is 16.3 Å². The van der Waals surface area contributed by atoms with Crippen LogP contribution < -0.4 is 10.6 Å². The smallest absolute Gasteiger partial charge is 0.412 e. The van der Waals surface area contributed by atoms with E-state index in [0.717, 1.165) is 16.8 Å². The van der Waals surface area contributed by atoms with Crippen LogP contribution in [0.5, 0.6) is 0 Å². The van der Waals surface area contributed by atoms with Crippen molar-refractivity contribution in [2.24, 2.45) is 0 Å². The number of nitrogens with zero attached hydrogens (tertiary/aromatic N) is 2. The third kappa shape index (κ3) is 4.03. The molecule has 0 bridgehead atoms. The highest BCUT2D eigenvalue weighted by Crippen LogP contribution is 2.24. The van der Waals surface area contributed by atoms with E-state index in [1.54, 1.807) is 31.3 Å². The van der Waals surface area contributed by atoms with Gasteiger partial charge in [-0.3, -0.25) is 10.1 Å². The van der Waals surface area contributed by atoms with Gasteiger partial charge in [0.2, 0.25) is 0 Å². The second-order valence-corrected chi connectivity index (χ2v) is 6.00. The van der Waals surface area contributed by atoms with Crippen molar-refractivity contribution >= 4 is 34.5 Å². The van der Waals surface area contributed by atoms with Gasteiger partial charge in [0.1, 0.15) is 0 Å². The molecule has 2 amide bonds. The number of benzene rings is 1. The fourth-order valence-corrected chi connectivity index (χ4v) is 2.73. The SMILES string of the molecule is CCOC(=O)Nc1nc2ncccc2cc1C(=O)Nc1c(C)cccc1C. The molecule has 3 rings (SSSR count). The van der Waals surface area contributed by atoms with Crippen LogP contribution in [0.15, 0.2) is 42.6 Å². The largest absolute Gasteiger partial charge is 0.450 e. The summed E-state index contributed by atoms with van der Waals surface area (Å²) in [5, 5.41) is 6.13. The molecule has 0 fully saturated rings. The Labute approximate surface area is 156 Å². The van der Waals surface area contributed by atoms with Crippen molar-refractivity contribution in [3.63, 3.8) is 0 Å². The number of amides is 2. The van der Waals surface area contributed by atoms with E-state index in [1.165, 1.54) is 0 Å². The van der Waals surface area contributed by atoms with E-state index in [-0.39, 0.29) is 23.9 Å². The summed E-state index contributed by atoms with van der Waals surface area (Å²) in [6.07, 6.45) is 0.918. The maximum Gasteiger partial charge on any atom is 0.412 e. The molecule has 0 aliphatic carbocycles. The number of carbonyl (C=O) groups excluding carboxylic acids is 2. The van der Waals surface area contributed by atoms with Gasteiger partial charge in [-0.2, -0.15) is 0 Å². The van der Waals surface area contributed by atoms with E-state index in [9.17, 15) is 9.59 Å². The molecule has 7 nitrogen and oxygen atoms in total. The number of hydrogen-bond donors (Lipinski definition) is 2. The molecule has 0 aliphatic heterocycles. The molecule has 2 N–H and O–H groups in total. The van der Waals surface area contributed by atoms with Gasteiger partial charge in [-0.25, -0.2) is 14.8 Å². The molecular weight excluding hydrogens is 344 g/mol. The Bertz CT molecular complexity index is 997. The van der Waals surface area contributed by atoms with Crippen LogP contribution in [0.3, 0.4) is 0 Å². The molecule has 3 aromatic rings. The average molecular weight is 364 g/mol. The molecule has 0 unspecified atom stereocenters. The maximum atomic E-state index is 13.0. The van der Waals surface area contributed by atoms with Crippen molar-refractivity contribution in [2.45, 2.75) is 20.8 Å². The summed E-state index contributed by atoms with van der Waals surface area (Å²) in [7, 11) is 0. The third-order valence-electron chi connectivity index (χ3n) is 4.05.